The lowest BCUT2D eigenvalue weighted by Gasteiger charge is -2.12. The lowest BCUT2D eigenvalue weighted by atomic mass is 10.1. The van der Waals surface area contributed by atoms with Gasteiger partial charge in [0.15, 0.2) is 5.82 Å². The lowest BCUT2D eigenvalue weighted by Crippen LogP contribution is -2.23. The average Bonchev–Trinajstić information content (AvgIpc) is 3.39. The van der Waals surface area contributed by atoms with Crippen molar-refractivity contribution in [3.05, 3.63) is 24.2 Å². The van der Waals surface area contributed by atoms with Gasteiger partial charge in [0.25, 0.3) is 0 Å². The van der Waals surface area contributed by atoms with Crippen LogP contribution >= 0.6 is 8.18 Å². The van der Waals surface area contributed by atoms with Crippen LogP contribution in [0.3, 0.4) is 0 Å². The highest BCUT2D eigenvalue weighted by molar-refractivity contribution is 7.36. The molecule has 2 aromatic rings. The molecule has 10 nitrogen and oxygen atoms in total. The van der Waals surface area contributed by atoms with Crippen LogP contribution in [0.1, 0.15) is 51.3 Å². The Hall–Kier alpha value is -2.13. The Bertz CT molecular complexity index is 872. The van der Waals surface area contributed by atoms with Gasteiger partial charge in [-0.15, -0.1) is 4.52 Å². The first-order valence-corrected chi connectivity index (χ1v) is 11.4. The first-order valence-electron chi connectivity index (χ1n) is 10.2. The van der Waals surface area contributed by atoms with E-state index in [1.807, 2.05) is 12.1 Å². The van der Waals surface area contributed by atoms with Gasteiger partial charge in [0.05, 0.1) is 18.4 Å². The number of esters is 1. The molecule has 0 aromatic carbocycles. The minimum atomic E-state index is -2.18. The number of fused-ring (bicyclic) bond motifs is 1. The molecule has 1 aliphatic rings. The average molecular weight is 438 g/mol. The summed E-state index contributed by atoms with van der Waals surface area (Å²) in [6.07, 6.45) is 4.53. The number of carbonyl (C=O) groups excluding carboxylic acids is 1. The van der Waals surface area contributed by atoms with E-state index in [4.69, 9.17) is 19.7 Å². The second-order valence-electron chi connectivity index (χ2n) is 7.28. The highest BCUT2D eigenvalue weighted by Gasteiger charge is 2.32. The Kier molecular flexibility index (Phi) is 8.09. The standard InChI is InChI=1S/C19H29N5O5P/c1-3-13(4-2)10-27-18(25)9-23-30(26)28-11-14-5-8-17(29-14)15-6-7-16-19(20)21-12-22-24(15)16/h6-7,12-14,17H,3-5,8-11H2,1-2H3,(H,23,26)(H2,20,21,22)/q+1. The SMILES string of the molecule is CCC(CC)COC(=O)CN[P+](=O)OCC1CCC(c2ccc3c(N)ncnn23)O1. The summed E-state index contributed by atoms with van der Waals surface area (Å²) in [5.74, 6) is 0.329. The molecule has 3 rings (SSSR count). The van der Waals surface area contributed by atoms with Gasteiger partial charge in [-0.25, -0.2) is 9.50 Å². The molecule has 30 heavy (non-hydrogen) atoms. The third-order valence-electron chi connectivity index (χ3n) is 5.31. The number of nitrogens with zero attached hydrogens (tertiary/aromatic N) is 3. The zero-order valence-electron chi connectivity index (χ0n) is 17.3. The number of nitrogens with two attached hydrogens (primary N) is 1. The molecule has 1 fully saturated rings. The molecule has 0 saturated carbocycles. The van der Waals surface area contributed by atoms with Crippen LogP contribution in [0.2, 0.25) is 0 Å². The van der Waals surface area contributed by atoms with Gasteiger partial charge in [-0.1, -0.05) is 31.8 Å². The largest absolute Gasteiger partial charge is 0.613 e. The fourth-order valence-corrected chi connectivity index (χ4v) is 4.03. The van der Waals surface area contributed by atoms with Crippen LogP contribution in [0.25, 0.3) is 5.52 Å². The number of nitrogen functional groups attached to an aromatic ring is 1. The molecule has 1 saturated heterocycles. The molecular formula is C19H29N5O5P+. The summed E-state index contributed by atoms with van der Waals surface area (Å²) in [6.45, 7) is 4.52. The fraction of sp³-hybridized carbons (Fsp3) is 0.632. The van der Waals surface area contributed by atoms with Crippen molar-refractivity contribution in [3.63, 3.8) is 0 Å². The number of hydrogen-bond donors (Lipinski definition) is 2. The summed E-state index contributed by atoms with van der Waals surface area (Å²) in [7, 11) is -2.18. The summed E-state index contributed by atoms with van der Waals surface area (Å²) in [4.78, 5) is 15.7. The molecule has 3 atom stereocenters. The van der Waals surface area contributed by atoms with E-state index in [1.165, 1.54) is 6.33 Å². The fourth-order valence-electron chi connectivity index (χ4n) is 3.37. The van der Waals surface area contributed by atoms with E-state index in [1.54, 1.807) is 4.52 Å². The summed E-state index contributed by atoms with van der Waals surface area (Å²) in [5.41, 5.74) is 7.50. The van der Waals surface area contributed by atoms with E-state index < -0.39 is 14.1 Å². The second-order valence-corrected chi connectivity index (χ2v) is 8.37. The maximum atomic E-state index is 12.0. The topological polar surface area (TPSA) is 130 Å². The molecule has 0 bridgehead atoms. The molecule has 3 unspecified atom stereocenters. The van der Waals surface area contributed by atoms with Gasteiger partial charge in [0, 0.05) is 0 Å². The molecular weight excluding hydrogens is 409 g/mol. The summed E-state index contributed by atoms with van der Waals surface area (Å²) < 4.78 is 30.3. The van der Waals surface area contributed by atoms with Crippen molar-refractivity contribution in [1.82, 2.24) is 19.7 Å². The highest BCUT2D eigenvalue weighted by Crippen LogP contribution is 2.34. The van der Waals surface area contributed by atoms with Crippen LogP contribution in [-0.2, 0) is 23.4 Å². The zero-order chi connectivity index (χ0) is 21.5. The van der Waals surface area contributed by atoms with Crippen molar-refractivity contribution in [2.24, 2.45) is 5.92 Å². The van der Waals surface area contributed by atoms with Crippen LogP contribution in [0.15, 0.2) is 18.5 Å². The maximum Gasteiger partial charge on any atom is 0.613 e. The number of carbonyl (C=O) groups is 1. The third-order valence-corrected chi connectivity index (χ3v) is 6.11. The van der Waals surface area contributed by atoms with Crippen LogP contribution in [0, 0.1) is 5.92 Å². The number of nitrogens with one attached hydrogen (secondary N) is 1. The van der Waals surface area contributed by atoms with Crippen molar-refractivity contribution >= 4 is 25.5 Å². The van der Waals surface area contributed by atoms with E-state index in [9.17, 15) is 9.36 Å². The van der Waals surface area contributed by atoms with Crippen molar-refractivity contribution in [1.29, 1.82) is 0 Å². The van der Waals surface area contributed by atoms with Gasteiger partial charge in [-0.3, -0.25) is 4.79 Å². The summed E-state index contributed by atoms with van der Waals surface area (Å²) in [6, 6.07) is 3.78. The van der Waals surface area contributed by atoms with Gasteiger partial charge in [0.1, 0.15) is 31.1 Å². The number of anilines is 1. The van der Waals surface area contributed by atoms with Crippen LogP contribution in [0.5, 0.6) is 0 Å². The van der Waals surface area contributed by atoms with Crippen LogP contribution in [-0.4, -0.2) is 46.4 Å². The number of ether oxygens (including phenoxy) is 2. The van der Waals surface area contributed by atoms with Crippen molar-refractivity contribution in [2.75, 3.05) is 25.5 Å². The van der Waals surface area contributed by atoms with Gasteiger partial charge >= 0.3 is 14.1 Å². The van der Waals surface area contributed by atoms with Gasteiger partial charge < -0.3 is 15.2 Å². The van der Waals surface area contributed by atoms with E-state index >= 15 is 0 Å². The molecule has 3 N–H and O–H groups in total. The molecule has 11 heteroatoms. The Balaban J connectivity index is 1.39. The maximum absolute atomic E-state index is 12.0. The van der Waals surface area contributed by atoms with Gasteiger partial charge in [0.2, 0.25) is 0 Å². The Labute approximate surface area is 176 Å². The molecule has 1 aliphatic heterocycles. The van der Waals surface area contributed by atoms with Crippen LogP contribution in [0.4, 0.5) is 5.82 Å². The van der Waals surface area contributed by atoms with E-state index in [2.05, 4.69) is 29.0 Å². The Morgan fingerprint density at radius 2 is 2.20 bits per heavy atom. The quantitative estimate of drug-likeness (QED) is 0.402. The number of rotatable bonds is 11. The predicted octanol–water partition coefficient (Wildman–Crippen LogP) is 2.77. The van der Waals surface area contributed by atoms with E-state index in [0.717, 1.165) is 36.9 Å². The van der Waals surface area contributed by atoms with E-state index in [-0.39, 0.29) is 25.4 Å². The zero-order valence-corrected chi connectivity index (χ0v) is 18.2. The molecule has 164 valence electrons. The Morgan fingerprint density at radius 1 is 1.40 bits per heavy atom. The monoisotopic (exact) mass is 438 g/mol. The molecule has 0 spiro atoms. The predicted molar refractivity (Wildman–Crippen MR) is 111 cm³/mol. The second kappa shape index (κ2) is 10.8. The minimum Gasteiger partial charge on any atom is -0.464 e. The third kappa shape index (κ3) is 5.72. The smallest absolute Gasteiger partial charge is 0.464 e. The van der Waals surface area contributed by atoms with Gasteiger partial charge in [-0.05, 0) is 35.5 Å². The molecule has 2 aromatic heterocycles. The van der Waals surface area contributed by atoms with Crippen molar-refractivity contribution in [3.8, 4) is 0 Å². The number of hydrogen-bond acceptors (Lipinski definition) is 8. The van der Waals surface area contributed by atoms with Crippen LogP contribution < -0.4 is 10.8 Å². The summed E-state index contributed by atoms with van der Waals surface area (Å²) in [5, 5.41) is 6.79. The first-order chi connectivity index (χ1) is 14.5. The Morgan fingerprint density at radius 3 is 2.97 bits per heavy atom. The molecule has 3 heterocycles. The summed E-state index contributed by atoms with van der Waals surface area (Å²) >= 11 is 0. The van der Waals surface area contributed by atoms with Gasteiger partial charge in [-0.2, -0.15) is 5.10 Å². The molecule has 0 aliphatic carbocycles. The first kappa shape index (κ1) is 22.6. The van der Waals surface area contributed by atoms with E-state index in [0.29, 0.717) is 18.3 Å². The number of aromatic nitrogens is 3. The van der Waals surface area contributed by atoms with Crippen molar-refractivity contribution < 1.29 is 23.4 Å². The highest BCUT2D eigenvalue weighted by atomic mass is 31.1. The molecule has 0 radical (unpaired) electrons. The molecule has 0 amide bonds. The lowest BCUT2D eigenvalue weighted by molar-refractivity contribution is -0.143. The normalized spacial score (nSPS) is 19.5. The van der Waals surface area contributed by atoms with Crippen molar-refractivity contribution in [2.45, 2.75) is 51.7 Å². The minimum absolute atomic E-state index is 0.152.